The summed E-state index contributed by atoms with van der Waals surface area (Å²) in [6, 6.07) is 16.4. The van der Waals surface area contributed by atoms with Crippen LogP contribution >= 0.6 is 12.4 Å². The number of aromatic amines is 1. The van der Waals surface area contributed by atoms with E-state index >= 15 is 0 Å². The van der Waals surface area contributed by atoms with E-state index in [2.05, 4.69) is 15.3 Å². The molecule has 5 heterocycles. The highest BCUT2D eigenvalue weighted by atomic mass is 35.5. The van der Waals surface area contributed by atoms with Gasteiger partial charge in [0.05, 0.1) is 40.3 Å². The minimum absolute atomic E-state index is 0. The molecule has 1 aliphatic heterocycles. The van der Waals surface area contributed by atoms with Gasteiger partial charge in [-0.2, -0.15) is 10.2 Å². The van der Waals surface area contributed by atoms with Crippen LogP contribution in [0.2, 0.25) is 0 Å². The van der Waals surface area contributed by atoms with Crippen LogP contribution < -0.4 is 4.90 Å². The van der Waals surface area contributed by atoms with Crippen LogP contribution in [0.25, 0.3) is 44.5 Å². The van der Waals surface area contributed by atoms with E-state index < -0.39 is 15.4 Å². The number of aryl methyl sites for hydroxylation is 1. The quantitative estimate of drug-likeness (QED) is 0.249. The molecule has 0 unspecified atom stereocenters. The first-order chi connectivity index (χ1) is 21.3. The van der Waals surface area contributed by atoms with Gasteiger partial charge in [-0.25, -0.2) is 17.4 Å². The lowest BCUT2D eigenvalue weighted by atomic mass is 9.78. The van der Waals surface area contributed by atoms with Crippen LogP contribution in [0, 0.1) is 0 Å². The summed E-state index contributed by atoms with van der Waals surface area (Å²) in [6.07, 6.45) is 12.0. The van der Waals surface area contributed by atoms with E-state index in [9.17, 15) is 13.2 Å². The fraction of sp³-hybridized carbons (Fsp3) is 0.212. The topological polar surface area (TPSA) is 119 Å². The van der Waals surface area contributed by atoms with Crippen LogP contribution in [0.4, 0.5) is 5.69 Å². The number of fused-ring (bicyclic) bond motifs is 4. The van der Waals surface area contributed by atoms with E-state index in [1.54, 1.807) is 72.6 Å². The Morgan fingerprint density at radius 1 is 0.867 bits per heavy atom. The Morgan fingerprint density at radius 2 is 1.58 bits per heavy atom. The number of halogens is 1. The second-order valence-electron chi connectivity index (χ2n) is 11.6. The van der Waals surface area contributed by atoms with Gasteiger partial charge in [-0.3, -0.25) is 14.6 Å². The van der Waals surface area contributed by atoms with Crippen LogP contribution in [-0.4, -0.2) is 50.3 Å². The van der Waals surface area contributed by atoms with E-state index in [1.165, 1.54) is 3.97 Å². The van der Waals surface area contributed by atoms with Crippen LogP contribution in [0.15, 0.2) is 90.5 Å². The Morgan fingerprint density at radius 3 is 2.22 bits per heavy atom. The van der Waals surface area contributed by atoms with E-state index in [4.69, 9.17) is 4.98 Å². The maximum absolute atomic E-state index is 14.7. The third kappa shape index (κ3) is 4.10. The van der Waals surface area contributed by atoms with E-state index in [0.717, 1.165) is 40.8 Å². The summed E-state index contributed by atoms with van der Waals surface area (Å²) in [5.41, 5.74) is 5.70. The number of likely N-dealkylation sites (N-methyl/N-ethyl adjacent to an activating group) is 1. The predicted octanol–water partition coefficient (Wildman–Crippen LogP) is 5.94. The van der Waals surface area contributed by atoms with Crippen LogP contribution in [-0.2, 0) is 27.3 Å². The van der Waals surface area contributed by atoms with Crippen molar-refractivity contribution < 1.29 is 13.2 Å². The van der Waals surface area contributed by atoms with Crippen molar-refractivity contribution in [1.29, 1.82) is 0 Å². The smallest absolute Gasteiger partial charge is 0.269 e. The molecular weight excluding hydrogens is 610 g/mol. The molecule has 1 aliphatic carbocycles. The van der Waals surface area contributed by atoms with Gasteiger partial charge in [0, 0.05) is 54.1 Å². The fourth-order valence-corrected chi connectivity index (χ4v) is 8.70. The van der Waals surface area contributed by atoms with Gasteiger partial charge < -0.3 is 4.90 Å². The maximum Gasteiger partial charge on any atom is 0.269 e. The Hall–Kier alpha value is -4.74. The van der Waals surface area contributed by atoms with Crippen LogP contribution in [0.1, 0.15) is 31.2 Å². The third-order valence-corrected chi connectivity index (χ3v) is 10.9. The number of aromatic nitrogens is 6. The first kappa shape index (κ1) is 29.0. The van der Waals surface area contributed by atoms with Gasteiger partial charge in [-0.15, -0.1) is 12.4 Å². The molecule has 0 atom stereocenters. The molecular formula is C33H30ClN7O3S. The van der Waals surface area contributed by atoms with Crippen molar-refractivity contribution in [2.75, 3.05) is 11.9 Å². The summed E-state index contributed by atoms with van der Waals surface area (Å²) in [7, 11) is -0.543. The normalized spacial score (nSPS) is 15.6. The molecule has 0 saturated heterocycles. The van der Waals surface area contributed by atoms with Crippen molar-refractivity contribution in [3.05, 3.63) is 91.1 Å². The molecule has 228 valence electrons. The number of carbonyl (C=O) groups is 1. The second-order valence-corrected chi connectivity index (χ2v) is 13.4. The zero-order valence-electron chi connectivity index (χ0n) is 24.6. The summed E-state index contributed by atoms with van der Waals surface area (Å²) in [5, 5.41) is 12.1. The molecule has 0 radical (unpaired) electrons. The van der Waals surface area contributed by atoms with Gasteiger partial charge in [-0.05, 0) is 36.1 Å². The van der Waals surface area contributed by atoms with Crippen molar-refractivity contribution in [1.82, 2.24) is 28.9 Å². The first-order valence-electron chi connectivity index (χ1n) is 14.6. The van der Waals surface area contributed by atoms with E-state index in [0.29, 0.717) is 40.7 Å². The van der Waals surface area contributed by atoms with E-state index in [1.807, 2.05) is 36.7 Å². The molecule has 45 heavy (non-hydrogen) atoms. The highest BCUT2D eigenvalue weighted by Gasteiger charge is 2.53. The molecule has 10 nitrogen and oxygen atoms in total. The average molecular weight is 640 g/mol. The fourth-order valence-electron chi connectivity index (χ4n) is 7.18. The highest BCUT2D eigenvalue weighted by Crippen LogP contribution is 2.56. The van der Waals surface area contributed by atoms with Gasteiger partial charge in [0.15, 0.2) is 5.65 Å². The van der Waals surface area contributed by atoms with Gasteiger partial charge in [0.25, 0.3) is 10.0 Å². The highest BCUT2D eigenvalue weighted by molar-refractivity contribution is 7.90. The SMILES string of the molecule is CN1C(=O)C2(CCCC2)c2c1cnc1c2c(-c2ccc(-c3cn[nH]c3)cc2)c(-c2cnn(C)c2)n1S(=O)(=O)c1ccccc1.Cl. The van der Waals surface area contributed by atoms with Crippen molar-refractivity contribution in [3.63, 3.8) is 0 Å². The molecule has 1 saturated carbocycles. The van der Waals surface area contributed by atoms with Crippen LogP contribution in [0.3, 0.4) is 0 Å². The van der Waals surface area contributed by atoms with Gasteiger partial charge in [0.1, 0.15) is 0 Å². The summed E-state index contributed by atoms with van der Waals surface area (Å²) in [6.45, 7) is 0. The Bertz CT molecular complexity index is 2180. The number of nitrogens with one attached hydrogen (secondary N) is 1. The molecule has 4 aromatic heterocycles. The maximum atomic E-state index is 14.7. The monoisotopic (exact) mass is 639 g/mol. The molecule has 8 rings (SSSR count). The minimum atomic E-state index is -4.14. The number of hydrogen-bond donors (Lipinski definition) is 1. The standard InChI is InChI=1S/C33H29N7O3S.ClH/c1-38-20-24(18-37-38)30-27(22-12-10-21(11-13-22)23-16-35-36-17-23)28-29-26(39(2)32(41)33(29)14-6-7-15-33)19-34-31(28)40(30)44(42,43)25-8-4-3-5-9-25;/h3-5,8-13,16-20H,6-7,14-15H2,1-2H3,(H,35,36);1H. The third-order valence-electron chi connectivity index (χ3n) is 9.20. The van der Waals surface area contributed by atoms with Crippen molar-refractivity contribution in [2.24, 2.45) is 7.05 Å². The lowest BCUT2D eigenvalue weighted by Crippen LogP contribution is -2.36. The van der Waals surface area contributed by atoms with E-state index in [-0.39, 0.29) is 23.2 Å². The summed E-state index contributed by atoms with van der Waals surface area (Å²) in [4.78, 5) is 20.7. The van der Waals surface area contributed by atoms with Crippen molar-refractivity contribution in [2.45, 2.75) is 36.0 Å². The Labute approximate surface area is 266 Å². The minimum Gasteiger partial charge on any atom is -0.313 e. The average Bonchev–Trinajstić information content (AvgIpc) is 3.88. The number of rotatable bonds is 5. The molecule has 0 bridgehead atoms. The number of benzene rings is 2. The number of nitrogens with zero attached hydrogens (tertiary/aromatic N) is 6. The molecule has 1 N–H and O–H groups in total. The molecule has 1 spiro atoms. The largest absolute Gasteiger partial charge is 0.313 e. The zero-order chi connectivity index (χ0) is 30.2. The van der Waals surface area contributed by atoms with Crippen LogP contribution in [0.5, 0.6) is 0 Å². The number of pyridine rings is 1. The summed E-state index contributed by atoms with van der Waals surface area (Å²) in [5.74, 6) is 0.0437. The summed E-state index contributed by atoms with van der Waals surface area (Å²) < 4.78 is 32.3. The number of hydrogen-bond acceptors (Lipinski definition) is 6. The summed E-state index contributed by atoms with van der Waals surface area (Å²) >= 11 is 0. The molecule has 6 aromatic rings. The number of H-pyrrole nitrogens is 1. The molecule has 2 aliphatic rings. The lowest BCUT2D eigenvalue weighted by Gasteiger charge is -2.22. The van der Waals surface area contributed by atoms with Crippen molar-refractivity contribution >= 4 is 45.1 Å². The predicted molar refractivity (Wildman–Crippen MR) is 175 cm³/mol. The number of anilines is 1. The molecule has 1 fully saturated rings. The molecule has 1 amide bonds. The lowest BCUT2D eigenvalue weighted by molar-refractivity contribution is -0.122. The Kier molecular flexibility index (Phi) is 6.72. The second kappa shape index (κ2) is 10.4. The van der Waals surface area contributed by atoms with Gasteiger partial charge in [-0.1, -0.05) is 55.3 Å². The molecule has 2 aromatic carbocycles. The number of carbonyl (C=O) groups excluding carboxylic acids is 1. The molecule has 12 heteroatoms. The zero-order valence-corrected chi connectivity index (χ0v) is 26.3. The van der Waals surface area contributed by atoms with Gasteiger partial charge in [0.2, 0.25) is 5.91 Å². The van der Waals surface area contributed by atoms with Gasteiger partial charge >= 0.3 is 0 Å². The van der Waals surface area contributed by atoms with Crippen molar-refractivity contribution in [3.8, 4) is 33.5 Å². The number of amides is 1. The first-order valence-corrected chi connectivity index (χ1v) is 16.0. The Balaban J connectivity index is 0.00000325.